The lowest BCUT2D eigenvalue weighted by atomic mass is 9.97. The minimum atomic E-state index is -4.64. The van der Waals surface area contributed by atoms with Crippen LogP contribution in [0, 0.1) is 0 Å². The predicted molar refractivity (Wildman–Crippen MR) is 136 cm³/mol. The predicted octanol–water partition coefficient (Wildman–Crippen LogP) is 7.01. The molecular formula is C28H21ClF3NO5. The Morgan fingerprint density at radius 1 is 0.947 bits per heavy atom. The van der Waals surface area contributed by atoms with Crippen molar-refractivity contribution in [3.05, 3.63) is 98.4 Å². The molecule has 2 heterocycles. The number of halogens is 4. The molecule has 1 aliphatic rings. The molecule has 196 valence electrons. The zero-order valence-electron chi connectivity index (χ0n) is 20.3. The second-order valence-electron chi connectivity index (χ2n) is 8.51. The quantitative estimate of drug-likeness (QED) is 0.261. The average molecular weight is 544 g/mol. The molecule has 4 aromatic rings. The van der Waals surface area contributed by atoms with Gasteiger partial charge < -0.3 is 13.9 Å². The molecule has 0 N–H and O–H groups in total. The Balaban J connectivity index is 1.78. The third-order valence-electron chi connectivity index (χ3n) is 6.17. The second-order valence-corrected chi connectivity index (χ2v) is 8.95. The van der Waals surface area contributed by atoms with Crippen LogP contribution in [0.25, 0.3) is 11.0 Å². The maximum atomic E-state index is 13.8. The van der Waals surface area contributed by atoms with Crippen molar-refractivity contribution >= 4 is 34.2 Å². The Kier molecular flexibility index (Phi) is 6.56. The van der Waals surface area contributed by atoms with Gasteiger partial charge in [-0.25, -0.2) is 0 Å². The van der Waals surface area contributed by atoms with Crippen molar-refractivity contribution in [1.29, 1.82) is 0 Å². The second kappa shape index (κ2) is 9.72. The SMILES string of the molecule is CCOc1ccc(C2c3c(oc4ccc(Cl)cc4c3=O)C(=O)N2c2cccc(C(F)(F)F)c2)cc1OCC. The number of amides is 1. The summed E-state index contributed by atoms with van der Waals surface area (Å²) in [7, 11) is 0. The highest BCUT2D eigenvalue weighted by molar-refractivity contribution is 6.31. The maximum Gasteiger partial charge on any atom is 0.416 e. The van der Waals surface area contributed by atoms with Crippen molar-refractivity contribution in [3.63, 3.8) is 0 Å². The van der Waals surface area contributed by atoms with Crippen molar-refractivity contribution < 1.29 is 31.9 Å². The molecule has 0 fully saturated rings. The summed E-state index contributed by atoms with van der Waals surface area (Å²) in [6, 6.07) is 12.6. The van der Waals surface area contributed by atoms with Gasteiger partial charge in [-0.1, -0.05) is 23.7 Å². The highest BCUT2D eigenvalue weighted by Crippen LogP contribution is 2.44. The average Bonchev–Trinajstić information content (AvgIpc) is 3.18. The number of hydrogen-bond acceptors (Lipinski definition) is 5. The smallest absolute Gasteiger partial charge is 0.416 e. The van der Waals surface area contributed by atoms with Crippen LogP contribution in [0.1, 0.15) is 47.1 Å². The van der Waals surface area contributed by atoms with Crippen LogP contribution in [-0.4, -0.2) is 19.1 Å². The molecule has 3 aromatic carbocycles. The van der Waals surface area contributed by atoms with Gasteiger partial charge >= 0.3 is 6.18 Å². The molecule has 10 heteroatoms. The number of fused-ring (bicyclic) bond motifs is 2. The first-order valence-electron chi connectivity index (χ1n) is 11.8. The molecule has 0 radical (unpaired) electrons. The van der Waals surface area contributed by atoms with E-state index >= 15 is 0 Å². The van der Waals surface area contributed by atoms with Gasteiger partial charge in [0.15, 0.2) is 16.9 Å². The van der Waals surface area contributed by atoms with Crippen LogP contribution in [0.4, 0.5) is 18.9 Å². The van der Waals surface area contributed by atoms with E-state index in [1.807, 2.05) is 6.92 Å². The Labute approximate surface area is 220 Å². The fraction of sp³-hybridized carbons (Fsp3) is 0.214. The summed E-state index contributed by atoms with van der Waals surface area (Å²) >= 11 is 6.12. The van der Waals surface area contributed by atoms with Crippen molar-refractivity contribution in [3.8, 4) is 11.5 Å². The lowest BCUT2D eigenvalue weighted by Gasteiger charge is -2.26. The van der Waals surface area contributed by atoms with Gasteiger partial charge in [0.1, 0.15) is 5.58 Å². The molecule has 38 heavy (non-hydrogen) atoms. The molecule has 0 aliphatic carbocycles. The van der Waals surface area contributed by atoms with E-state index in [1.165, 1.54) is 30.3 Å². The van der Waals surface area contributed by atoms with Crippen LogP contribution in [0.3, 0.4) is 0 Å². The van der Waals surface area contributed by atoms with Gasteiger partial charge in [0, 0.05) is 10.7 Å². The van der Waals surface area contributed by atoms with Crippen LogP contribution < -0.4 is 19.8 Å². The standard InChI is InChI=1S/C28H21ClF3NO5/c1-3-36-21-10-8-15(12-22(21)37-4-2)24-23-25(34)19-14-17(29)9-11-20(19)38-26(23)27(35)33(24)18-7-5-6-16(13-18)28(30,31)32/h5-14,24H,3-4H2,1-2H3. The lowest BCUT2D eigenvalue weighted by molar-refractivity contribution is -0.137. The van der Waals surface area contributed by atoms with E-state index in [4.69, 9.17) is 25.5 Å². The van der Waals surface area contributed by atoms with Crippen molar-refractivity contribution in [2.45, 2.75) is 26.1 Å². The Morgan fingerprint density at radius 3 is 2.39 bits per heavy atom. The van der Waals surface area contributed by atoms with Crippen molar-refractivity contribution in [2.24, 2.45) is 0 Å². The van der Waals surface area contributed by atoms with Crippen LogP contribution in [-0.2, 0) is 6.18 Å². The zero-order chi connectivity index (χ0) is 27.2. The van der Waals surface area contributed by atoms with Crippen LogP contribution in [0.15, 0.2) is 69.9 Å². The fourth-order valence-electron chi connectivity index (χ4n) is 4.60. The molecule has 1 unspecified atom stereocenters. The molecule has 5 rings (SSSR count). The lowest BCUT2D eigenvalue weighted by Crippen LogP contribution is -2.29. The first kappa shape index (κ1) is 25.7. The Hall–Kier alpha value is -3.98. The first-order chi connectivity index (χ1) is 18.1. The van der Waals surface area contributed by atoms with Crippen LogP contribution in [0.5, 0.6) is 11.5 Å². The topological polar surface area (TPSA) is 69.0 Å². The molecule has 1 aromatic heterocycles. The normalized spacial score (nSPS) is 15.2. The van der Waals surface area contributed by atoms with Crippen molar-refractivity contribution in [2.75, 3.05) is 18.1 Å². The summed E-state index contributed by atoms with van der Waals surface area (Å²) in [6.45, 7) is 4.28. The van der Waals surface area contributed by atoms with Gasteiger partial charge in [-0.3, -0.25) is 14.5 Å². The minimum Gasteiger partial charge on any atom is -0.490 e. The number of alkyl halides is 3. The monoisotopic (exact) mass is 543 g/mol. The number of benzene rings is 3. The number of anilines is 1. The van der Waals surface area contributed by atoms with E-state index in [-0.39, 0.29) is 28.0 Å². The highest BCUT2D eigenvalue weighted by atomic mass is 35.5. The molecule has 0 saturated heterocycles. The molecular weight excluding hydrogens is 523 g/mol. The molecule has 1 aliphatic heterocycles. The van der Waals surface area contributed by atoms with Gasteiger partial charge in [-0.05, 0) is 67.9 Å². The summed E-state index contributed by atoms with van der Waals surface area (Å²) in [4.78, 5) is 28.6. The van der Waals surface area contributed by atoms with E-state index < -0.39 is 29.1 Å². The third kappa shape index (κ3) is 4.36. The van der Waals surface area contributed by atoms with E-state index in [2.05, 4.69) is 0 Å². The Morgan fingerprint density at radius 2 is 1.68 bits per heavy atom. The van der Waals surface area contributed by atoms with Gasteiger partial charge in [-0.2, -0.15) is 13.2 Å². The molecule has 1 amide bonds. The molecule has 0 bridgehead atoms. The molecule has 1 atom stereocenters. The van der Waals surface area contributed by atoms with Crippen LogP contribution in [0.2, 0.25) is 5.02 Å². The maximum absolute atomic E-state index is 13.8. The van der Waals surface area contributed by atoms with Gasteiger partial charge in [0.25, 0.3) is 5.91 Å². The Bertz CT molecular complexity index is 1610. The third-order valence-corrected chi connectivity index (χ3v) is 6.40. The largest absolute Gasteiger partial charge is 0.490 e. The first-order valence-corrected chi connectivity index (χ1v) is 12.2. The van der Waals surface area contributed by atoms with E-state index in [9.17, 15) is 22.8 Å². The zero-order valence-corrected chi connectivity index (χ0v) is 21.0. The van der Waals surface area contributed by atoms with Gasteiger partial charge in [0.05, 0.1) is 35.8 Å². The van der Waals surface area contributed by atoms with E-state index in [0.29, 0.717) is 35.3 Å². The highest BCUT2D eigenvalue weighted by Gasteiger charge is 2.44. The fourth-order valence-corrected chi connectivity index (χ4v) is 4.77. The summed E-state index contributed by atoms with van der Waals surface area (Å²) in [5.41, 5.74) is -0.935. The number of rotatable bonds is 6. The molecule has 0 saturated carbocycles. The number of ether oxygens (including phenoxy) is 2. The van der Waals surface area contributed by atoms with Crippen LogP contribution >= 0.6 is 11.6 Å². The van der Waals surface area contributed by atoms with Gasteiger partial charge in [0.2, 0.25) is 5.76 Å². The summed E-state index contributed by atoms with van der Waals surface area (Å²) in [6.07, 6.45) is -4.64. The van der Waals surface area contributed by atoms with Crippen molar-refractivity contribution in [1.82, 2.24) is 0 Å². The molecule has 0 spiro atoms. The summed E-state index contributed by atoms with van der Waals surface area (Å²) < 4.78 is 57.9. The van der Waals surface area contributed by atoms with E-state index in [1.54, 1.807) is 25.1 Å². The number of carbonyl (C=O) groups excluding carboxylic acids is 1. The summed E-state index contributed by atoms with van der Waals surface area (Å²) in [5.74, 6) is -0.181. The number of nitrogens with zero attached hydrogens (tertiary/aromatic N) is 1. The minimum absolute atomic E-state index is 0.00575. The summed E-state index contributed by atoms with van der Waals surface area (Å²) in [5, 5.41) is 0.441. The van der Waals surface area contributed by atoms with E-state index in [0.717, 1.165) is 17.0 Å². The van der Waals surface area contributed by atoms with Gasteiger partial charge in [-0.15, -0.1) is 0 Å². The number of carbonyl (C=O) groups is 1. The molecule has 6 nitrogen and oxygen atoms in total. The number of hydrogen-bond donors (Lipinski definition) is 0.